The van der Waals surface area contributed by atoms with Crippen LogP contribution in [0.3, 0.4) is 0 Å². The normalized spacial score (nSPS) is 30.6. The summed E-state index contributed by atoms with van der Waals surface area (Å²) < 4.78 is 5.68. The summed E-state index contributed by atoms with van der Waals surface area (Å²) in [7, 11) is 0. The molecule has 1 N–H and O–H groups in total. The molecule has 2 aliphatic heterocycles. The highest BCUT2D eigenvalue weighted by molar-refractivity contribution is 4.94. The van der Waals surface area contributed by atoms with Crippen molar-refractivity contribution >= 4 is 0 Å². The van der Waals surface area contributed by atoms with Crippen molar-refractivity contribution in [2.45, 2.75) is 45.6 Å². The Kier molecular flexibility index (Phi) is 3.13. The summed E-state index contributed by atoms with van der Waals surface area (Å²) in [6.07, 6.45) is 5.77. The summed E-state index contributed by atoms with van der Waals surface area (Å²) in [5, 5.41) is 3.42. The Bertz CT molecular complexity index is 181. The van der Waals surface area contributed by atoms with Crippen molar-refractivity contribution < 1.29 is 4.74 Å². The zero-order valence-electron chi connectivity index (χ0n) is 9.51. The smallest absolute Gasteiger partial charge is 0.0576 e. The van der Waals surface area contributed by atoms with Crippen LogP contribution in [-0.4, -0.2) is 25.8 Å². The van der Waals surface area contributed by atoms with Gasteiger partial charge in [0.2, 0.25) is 0 Å². The molecule has 1 atom stereocenters. The molecule has 82 valence electrons. The SMILES string of the molecule is CC(C)C1(CCC2CCCO2)CNC1. The molecule has 0 aromatic carbocycles. The summed E-state index contributed by atoms with van der Waals surface area (Å²) in [6.45, 7) is 8.15. The van der Waals surface area contributed by atoms with Crippen LogP contribution in [0.25, 0.3) is 0 Å². The Balaban J connectivity index is 1.77. The van der Waals surface area contributed by atoms with E-state index in [1.807, 2.05) is 0 Å². The van der Waals surface area contributed by atoms with Gasteiger partial charge >= 0.3 is 0 Å². The summed E-state index contributed by atoms with van der Waals surface area (Å²) >= 11 is 0. The van der Waals surface area contributed by atoms with Gasteiger partial charge in [-0.25, -0.2) is 0 Å². The highest BCUT2D eigenvalue weighted by Gasteiger charge is 2.39. The van der Waals surface area contributed by atoms with E-state index < -0.39 is 0 Å². The van der Waals surface area contributed by atoms with E-state index in [0.29, 0.717) is 11.5 Å². The summed E-state index contributed by atoms with van der Waals surface area (Å²) in [6, 6.07) is 0. The molecule has 2 heterocycles. The fourth-order valence-corrected chi connectivity index (χ4v) is 2.64. The summed E-state index contributed by atoms with van der Waals surface area (Å²) in [4.78, 5) is 0. The Morgan fingerprint density at radius 1 is 1.43 bits per heavy atom. The third kappa shape index (κ3) is 1.96. The number of hydrogen-bond acceptors (Lipinski definition) is 2. The fourth-order valence-electron chi connectivity index (χ4n) is 2.64. The molecule has 1 unspecified atom stereocenters. The van der Waals surface area contributed by atoms with Gasteiger partial charge in [-0.3, -0.25) is 0 Å². The van der Waals surface area contributed by atoms with Gasteiger partial charge in [-0.1, -0.05) is 13.8 Å². The molecular formula is C12H23NO. The lowest BCUT2D eigenvalue weighted by atomic mass is 9.69. The molecule has 2 aliphatic rings. The molecule has 2 heteroatoms. The first kappa shape index (κ1) is 10.4. The first-order valence-corrected chi connectivity index (χ1v) is 6.05. The predicted octanol–water partition coefficient (Wildman–Crippen LogP) is 2.19. The van der Waals surface area contributed by atoms with E-state index in [1.54, 1.807) is 0 Å². The first-order valence-electron chi connectivity index (χ1n) is 6.05. The molecule has 2 fully saturated rings. The number of ether oxygens (including phenoxy) is 1. The summed E-state index contributed by atoms with van der Waals surface area (Å²) in [5.41, 5.74) is 0.589. The summed E-state index contributed by atoms with van der Waals surface area (Å²) in [5.74, 6) is 0.810. The van der Waals surface area contributed by atoms with Gasteiger partial charge in [0, 0.05) is 19.7 Å². The maximum Gasteiger partial charge on any atom is 0.0576 e. The van der Waals surface area contributed by atoms with Crippen LogP contribution in [0.2, 0.25) is 0 Å². The zero-order valence-corrected chi connectivity index (χ0v) is 9.51. The van der Waals surface area contributed by atoms with E-state index in [9.17, 15) is 0 Å². The van der Waals surface area contributed by atoms with Gasteiger partial charge in [-0.15, -0.1) is 0 Å². The van der Waals surface area contributed by atoms with Crippen molar-refractivity contribution in [3.8, 4) is 0 Å². The third-order valence-corrected chi connectivity index (χ3v) is 4.17. The largest absolute Gasteiger partial charge is 0.378 e. The highest BCUT2D eigenvalue weighted by Crippen LogP contribution is 2.38. The topological polar surface area (TPSA) is 21.3 Å². The van der Waals surface area contributed by atoms with E-state index in [-0.39, 0.29) is 0 Å². The van der Waals surface area contributed by atoms with Crippen molar-refractivity contribution in [1.82, 2.24) is 5.32 Å². The molecule has 0 spiro atoms. The maximum absolute atomic E-state index is 5.68. The molecule has 0 aliphatic carbocycles. The van der Waals surface area contributed by atoms with E-state index in [4.69, 9.17) is 4.74 Å². The molecule has 2 nitrogen and oxygen atoms in total. The van der Waals surface area contributed by atoms with Crippen LogP contribution in [0, 0.1) is 11.3 Å². The van der Waals surface area contributed by atoms with Crippen LogP contribution >= 0.6 is 0 Å². The molecule has 14 heavy (non-hydrogen) atoms. The van der Waals surface area contributed by atoms with Crippen molar-refractivity contribution in [3.05, 3.63) is 0 Å². The fraction of sp³-hybridized carbons (Fsp3) is 1.00. The van der Waals surface area contributed by atoms with Gasteiger partial charge in [0.1, 0.15) is 0 Å². The maximum atomic E-state index is 5.68. The standard InChI is InChI=1S/C12H23NO/c1-10(2)12(8-13-9-12)6-5-11-4-3-7-14-11/h10-11,13H,3-9H2,1-2H3. The molecule has 0 bridgehead atoms. The lowest BCUT2D eigenvalue weighted by molar-refractivity contribution is 0.0456. The van der Waals surface area contributed by atoms with Crippen LogP contribution in [0.5, 0.6) is 0 Å². The van der Waals surface area contributed by atoms with Crippen molar-refractivity contribution in [2.24, 2.45) is 11.3 Å². The molecule has 0 aromatic rings. The second-order valence-electron chi connectivity index (χ2n) is 5.29. The van der Waals surface area contributed by atoms with Gasteiger partial charge in [-0.05, 0) is 37.0 Å². The van der Waals surface area contributed by atoms with Gasteiger partial charge in [0.05, 0.1) is 6.10 Å². The average molecular weight is 197 g/mol. The van der Waals surface area contributed by atoms with Crippen LogP contribution in [0.15, 0.2) is 0 Å². The van der Waals surface area contributed by atoms with Crippen LogP contribution in [0.4, 0.5) is 0 Å². The molecule has 2 saturated heterocycles. The van der Waals surface area contributed by atoms with Crippen molar-refractivity contribution in [1.29, 1.82) is 0 Å². The second-order valence-corrected chi connectivity index (χ2v) is 5.29. The van der Waals surface area contributed by atoms with Crippen molar-refractivity contribution in [2.75, 3.05) is 19.7 Å². The molecule has 0 radical (unpaired) electrons. The lowest BCUT2D eigenvalue weighted by Crippen LogP contribution is -2.56. The van der Waals surface area contributed by atoms with E-state index in [1.165, 1.54) is 38.8 Å². The third-order valence-electron chi connectivity index (χ3n) is 4.17. The molecular weight excluding hydrogens is 174 g/mol. The minimum Gasteiger partial charge on any atom is -0.378 e. The van der Waals surface area contributed by atoms with Crippen LogP contribution < -0.4 is 5.32 Å². The Morgan fingerprint density at radius 3 is 2.64 bits per heavy atom. The van der Waals surface area contributed by atoms with Crippen LogP contribution in [0.1, 0.15) is 39.5 Å². The lowest BCUT2D eigenvalue weighted by Gasteiger charge is -2.46. The average Bonchev–Trinajstić information content (AvgIpc) is 2.53. The minimum absolute atomic E-state index is 0.575. The zero-order chi connectivity index (χ0) is 10.0. The number of nitrogens with one attached hydrogen (secondary N) is 1. The quantitative estimate of drug-likeness (QED) is 0.746. The first-order chi connectivity index (χ1) is 6.73. The molecule has 2 rings (SSSR count). The predicted molar refractivity (Wildman–Crippen MR) is 58.3 cm³/mol. The van der Waals surface area contributed by atoms with Gasteiger partial charge in [-0.2, -0.15) is 0 Å². The van der Waals surface area contributed by atoms with Gasteiger partial charge < -0.3 is 10.1 Å². The second kappa shape index (κ2) is 4.19. The van der Waals surface area contributed by atoms with Crippen LogP contribution in [-0.2, 0) is 4.74 Å². The van der Waals surface area contributed by atoms with Gasteiger partial charge in [0.15, 0.2) is 0 Å². The minimum atomic E-state index is 0.575. The molecule has 0 aromatic heterocycles. The van der Waals surface area contributed by atoms with E-state index in [0.717, 1.165) is 12.5 Å². The van der Waals surface area contributed by atoms with E-state index in [2.05, 4.69) is 19.2 Å². The Hall–Kier alpha value is -0.0800. The Labute approximate surface area is 87.4 Å². The molecule has 0 saturated carbocycles. The van der Waals surface area contributed by atoms with Gasteiger partial charge in [0.25, 0.3) is 0 Å². The molecule has 0 amide bonds. The highest BCUT2D eigenvalue weighted by atomic mass is 16.5. The number of hydrogen-bond donors (Lipinski definition) is 1. The van der Waals surface area contributed by atoms with Crippen molar-refractivity contribution in [3.63, 3.8) is 0 Å². The Morgan fingerprint density at radius 2 is 2.21 bits per heavy atom. The number of rotatable bonds is 4. The van der Waals surface area contributed by atoms with E-state index >= 15 is 0 Å². The monoisotopic (exact) mass is 197 g/mol.